The second kappa shape index (κ2) is 12.4. The number of nitrogens with zero attached hydrogens (tertiary/aromatic N) is 1. The second-order valence-electron chi connectivity index (χ2n) is 8.57. The maximum atomic E-state index is 13.4. The van der Waals surface area contributed by atoms with Gasteiger partial charge in [0.25, 0.3) is 0 Å². The van der Waals surface area contributed by atoms with E-state index in [1.165, 1.54) is 0 Å². The molecule has 6 nitrogen and oxygen atoms in total. The summed E-state index contributed by atoms with van der Waals surface area (Å²) in [5.74, 6) is -2.57. The minimum absolute atomic E-state index is 0.0409. The van der Waals surface area contributed by atoms with Crippen molar-refractivity contribution >= 4 is 23.6 Å². The van der Waals surface area contributed by atoms with E-state index >= 15 is 0 Å². The van der Waals surface area contributed by atoms with E-state index in [1.807, 2.05) is 36.4 Å². The van der Waals surface area contributed by atoms with E-state index in [0.29, 0.717) is 5.56 Å². The van der Waals surface area contributed by atoms with Crippen LogP contribution in [0.25, 0.3) is 0 Å². The Bertz CT molecular complexity index is 1090. The molecule has 1 unspecified atom stereocenters. The minimum atomic E-state index is -1.16. The first kappa shape index (κ1) is 25.6. The van der Waals surface area contributed by atoms with E-state index in [4.69, 9.17) is 4.74 Å². The molecule has 0 aliphatic rings. The Labute approximate surface area is 205 Å². The number of ether oxygens (including phenoxy) is 1. The van der Waals surface area contributed by atoms with E-state index in [2.05, 4.69) is 0 Å². The third kappa shape index (κ3) is 7.21. The van der Waals surface area contributed by atoms with Crippen molar-refractivity contribution in [2.24, 2.45) is 5.92 Å². The van der Waals surface area contributed by atoms with Crippen molar-refractivity contribution in [3.63, 3.8) is 0 Å². The van der Waals surface area contributed by atoms with Crippen LogP contribution in [-0.2, 0) is 32.0 Å². The topological polar surface area (TPSA) is 80.8 Å². The molecule has 3 aromatic carbocycles. The summed E-state index contributed by atoms with van der Waals surface area (Å²) in [7, 11) is 0. The van der Waals surface area contributed by atoms with Crippen LogP contribution in [0.15, 0.2) is 91.0 Å². The van der Waals surface area contributed by atoms with Gasteiger partial charge in [-0.05, 0) is 17.0 Å². The van der Waals surface area contributed by atoms with Crippen molar-refractivity contribution in [1.29, 1.82) is 0 Å². The number of imide groups is 1. The Morgan fingerprint density at radius 1 is 0.686 bits per heavy atom. The highest BCUT2D eigenvalue weighted by molar-refractivity contribution is 6.02. The van der Waals surface area contributed by atoms with Gasteiger partial charge in [0.15, 0.2) is 12.4 Å². The predicted octanol–water partition coefficient (Wildman–Crippen LogP) is 4.28. The molecule has 0 heterocycles. The van der Waals surface area contributed by atoms with E-state index in [9.17, 15) is 19.2 Å². The Balaban J connectivity index is 1.83. The number of carbonyl (C=O) groups excluding carboxylic acids is 4. The number of hydrogen-bond acceptors (Lipinski definition) is 5. The van der Waals surface area contributed by atoms with Crippen LogP contribution in [0.1, 0.15) is 35.3 Å². The standard InChI is InChI=1S/C29H29NO5/c1-21(2)28(29(34)35-20-25(31)24-16-10-5-11-17-24)30(26(32)18-22-12-6-3-7-13-22)27(33)19-23-14-8-4-9-15-23/h3-17,21,28H,18-20H2,1-2H3. The number of hydrogen-bond donors (Lipinski definition) is 0. The van der Waals surface area contributed by atoms with Gasteiger partial charge in [-0.3, -0.25) is 19.3 Å². The van der Waals surface area contributed by atoms with Crippen LogP contribution >= 0.6 is 0 Å². The van der Waals surface area contributed by atoms with Crippen LogP contribution in [0.4, 0.5) is 0 Å². The molecule has 0 saturated carbocycles. The third-order valence-corrected chi connectivity index (χ3v) is 5.53. The first-order chi connectivity index (χ1) is 16.9. The zero-order valence-corrected chi connectivity index (χ0v) is 19.9. The molecule has 35 heavy (non-hydrogen) atoms. The van der Waals surface area contributed by atoms with Gasteiger partial charge < -0.3 is 4.74 Å². The SMILES string of the molecule is CC(C)C(C(=O)OCC(=O)c1ccccc1)N(C(=O)Cc1ccccc1)C(=O)Cc1ccccc1. The smallest absolute Gasteiger partial charge is 0.330 e. The fourth-order valence-corrected chi connectivity index (χ4v) is 3.77. The van der Waals surface area contributed by atoms with Crippen LogP contribution in [0.3, 0.4) is 0 Å². The summed E-state index contributed by atoms with van der Waals surface area (Å²) < 4.78 is 5.33. The van der Waals surface area contributed by atoms with Crippen molar-refractivity contribution in [1.82, 2.24) is 4.90 Å². The number of Topliss-reactive ketones (excluding diaryl/α,β-unsaturated/α-hetero) is 1. The third-order valence-electron chi connectivity index (χ3n) is 5.53. The summed E-state index contributed by atoms with van der Waals surface area (Å²) in [4.78, 5) is 53.4. The summed E-state index contributed by atoms with van der Waals surface area (Å²) >= 11 is 0. The molecule has 6 heteroatoms. The van der Waals surface area contributed by atoms with Gasteiger partial charge in [-0.2, -0.15) is 0 Å². The maximum absolute atomic E-state index is 13.4. The van der Waals surface area contributed by atoms with Gasteiger partial charge >= 0.3 is 5.97 Å². The number of benzene rings is 3. The van der Waals surface area contributed by atoms with E-state index < -0.39 is 36.4 Å². The lowest BCUT2D eigenvalue weighted by molar-refractivity contribution is -0.162. The Morgan fingerprint density at radius 3 is 1.54 bits per heavy atom. The zero-order valence-electron chi connectivity index (χ0n) is 19.9. The van der Waals surface area contributed by atoms with Crippen molar-refractivity contribution in [2.45, 2.75) is 32.7 Å². The molecule has 0 aliphatic heterocycles. The van der Waals surface area contributed by atoms with Gasteiger partial charge in [0.05, 0.1) is 12.8 Å². The molecule has 0 saturated heterocycles. The summed E-state index contributed by atoms with van der Waals surface area (Å²) in [6.07, 6.45) is -0.0817. The molecule has 180 valence electrons. The van der Waals surface area contributed by atoms with Gasteiger partial charge in [0.2, 0.25) is 11.8 Å². The summed E-state index contributed by atoms with van der Waals surface area (Å²) in [5, 5.41) is 0. The van der Waals surface area contributed by atoms with Crippen LogP contribution in [0, 0.1) is 5.92 Å². The molecule has 0 bridgehead atoms. The quantitative estimate of drug-likeness (QED) is 0.326. The summed E-state index contributed by atoms with van der Waals surface area (Å²) in [6, 6.07) is 25.4. The number of rotatable bonds is 10. The first-order valence-electron chi connectivity index (χ1n) is 11.5. The second-order valence-corrected chi connectivity index (χ2v) is 8.57. The Morgan fingerprint density at radius 2 is 1.11 bits per heavy atom. The lowest BCUT2D eigenvalue weighted by atomic mass is 9.99. The summed E-state index contributed by atoms with van der Waals surface area (Å²) in [6.45, 7) is 3.01. The van der Waals surface area contributed by atoms with Gasteiger partial charge in [-0.25, -0.2) is 4.79 Å². The van der Waals surface area contributed by atoms with Gasteiger partial charge in [0.1, 0.15) is 6.04 Å². The van der Waals surface area contributed by atoms with Crippen molar-refractivity contribution in [2.75, 3.05) is 6.61 Å². The van der Waals surface area contributed by atoms with Crippen LogP contribution in [0.5, 0.6) is 0 Å². The van der Waals surface area contributed by atoms with Gasteiger partial charge in [-0.1, -0.05) is 105 Å². The van der Waals surface area contributed by atoms with E-state index in [-0.39, 0.29) is 18.6 Å². The van der Waals surface area contributed by atoms with E-state index in [1.54, 1.807) is 68.4 Å². The van der Waals surface area contributed by atoms with Crippen molar-refractivity contribution in [3.05, 3.63) is 108 Å². The highest BCUT2D eigenvalue weighted by Crippen LogP contribution is 2.18. The summed E-state index contributed by atoms with van der Waals surface area (Å²) in [5.41, 5.74) is 1.87. The predicted molar refractivity (Wildman–Crippen MR) is 133 cm³/mol. The fraction of sp³-hybridized carbons (Fsp3) is 0.241. The average Bonchev–Trinajstić information content (AvgIpc) is 2.86. The van der Waals surface area contributed by atoms with Crippen molar-refractivity contribution in [3.8, 4) is 0 Å². The Hall–Kier alpha value is -4.06. The number of esters is 1. The molecule has 0 fully saturated rings. The Kier molecular flexibility index (Phi) is 9.07. The molecular weight excluding hydrogens is 442 g/mol. The van der Waals surface area contributed by atoms with Crippen LogP contribution < -0.4 is 0 Å². The molecule has 0 aliphatic carbocycles. The molecule has 0 radical (unpaired) electrons. The number of amides is 2. The van der Waals surface area contributed by atoms with Gasteiger partial charge in [0, 0.05) is 5.56 Å². The van der Waals surface area contributed by atoms with Crippen LogP contribution in [0.2, 0.25) is 0 Å². The molecule has 0 aromatic heterocycles. The zero-order chi connectivity index (χ0) is 25.2. The average molecular weight is 472 g/mol. The van der Waals surface area contributed by atoms with E-state index in [0.717, 1.165) is 16.0 Å². The van der Waals surface area contributed by atoms with Crippen LogP contribution in [-0.4, -0.2) is 41.1 Å². The highest BCUT2D eigenvalue weighted by Gasteiger charge is 2.38. The van der Waals surface area contributed by atoms with Crippen molar-refractivity contribution < 1.29 is 23.9 Å². The molecule has 2 amide bonds. The largest absolute Gasteiger partial charge is 0.456 e. The molecular formula is C29H29NO5. The molecule has 0 N–H and O–H groups in total. The maximum Gasteiger partial charge on any atom is 0.330 e. The molecule has 1 atom stereocenters. The normalized spacial score (nSPS) is 11.5. The lowest BCUT2D eigenvalue weighted by Crippen LogP contribution is -2.53. The first-order valence-corrected chi connectivity index (χ1v) is 11.5. The number of carbonyl (C=O) groups is 4. The molecule has 3 rings (SSSR count). The van der Waals surface area contributed by atoms with Gasteiger partial charge in [-0.15, -0.1) is 0 Å². The number of ketones is 1. The lowest BCUT2D eigenvalue weighted by Gasteiger charge is -2.31. The molecule has 3 aromatic rings. The monoisotopic (exact) mass is 471 g/mol. The highest BCUT2D eigenvalue weighted by atomic mass is 16.5. The molecule has 0 spiro atoms. The minimum Gasteiger partial charge on any atom is -0.456 e. The fourth-order valence-electron chi connectivity index (χ4n) is 3.77.